The second kappa shape index (κ2) is 11.2. The summed E-state index contributed by atoms with van der Waals surface area (Å²) in [5, 5.41) is 2.79. The van der Waals surface area contributed by atoms with Gasteiger partial charge in [-0.3, -0.25) is 4.79 Å². The summed E-state index contributed by atoms with van der Waals surface area (Å²) >= 11 is 1.50. The van der Waals surface area contributed by atoms with Crippen molar-refractivity contribution < 1.29 is 17.9 Å². The average molecular weight is 437 g/mol. The van der Waals surface area contributed by atoms with E-state index in [0.29, 0.717) is 25.4 Å². The Morgan fingerprint density at radius 2 is 1.76 bits per heavy atom. The van der Waals surface area contributed by atoms with Gasteiger partial charge in [-0.25, -0.2) is 8.42 Å². The van der Waals surface area contributed by atoms with E-state index in [9.17, 15) is 13.2 Å². The molecule has 0 heterocycles. The molecule has 0 aliphatic rings. The minimum Gasteiger partial charge on any atom is -0.492 e. The highest BCUT2D eigenvalue weighted by molar-refractivity contribution is 7.99. The monoisotopic (exact) mass is 436 g/mol. The first kappa shape index (κ1) is 23.3. The number of nitrogens with zero attached hydrogens (tertiary/aromatic N) is 1. The van der Waals surface area contributed by atoms with Crippen LogP contribution in [-0.4, -0.2) is 44.1 Å². The van der Waals surface area contributed by atoms with Gasteiger partial charge in [0.15, 0.2) is 0 Å². The lowest BCUT2D eigenvalue weighted by Gasteiger charge is -2.21. The highest BCUT2D eigenvalue weighted by atomic mass is 32.2. The lowest BCUT2D eigenvalue weighted by Crippen LogP contribution is -2.31. The van der Waals surface area contributed by atoms with Gasteiger partial charge in [-0.1, -0.05) is 44.2 Å². The van der Waals surface area contributed by atoms with Crippen molar-refractivity contribution in [2.75, 3.05) is 30.8 Å². The number of amides is 1. The van der Waals surface area contributed by atoms with Crippen LogP contribution in [0.5, 0.6) is 5.75 Å². The molecule has 1 amide bonds. The molecule has 0 aliphatic heterocycles. The topological polar surface area (TPSA) is 75.7 Å². The normalized spacial score (nSPS) is 11.4. The molecule has 158 valence electrons. The Morgan fingerprint density at radius 1 is 1.07 bits per heavy atom. The zero-order valence-corrected chi connectivity index (χ0v) is 18.7. The van der Waals surface area contributed by atoms with Crippen molar-refractivity contribution in [3.63, 3.8) is 0 Å². The Balaban J connectivity index is 2.11. The fourth-order valence-corrected chi connectivity index (χ4v) is 5.20. The second-order valence-corrected chi connectivity index (χ2v) is 9.10. The van der Waals surface area contributed by atoms with E-state index in [1.165, 1.54) is 22.1 Å². The van der Waals surface area contributed by atoms with E-state index in [1.54, 1.807) is 32.9 Å². The lowest BCUT2D eigenvalue weighted by atomic mass is 10.2. The van der Waals surface area contributed by atoms with Crippen LogP contribution in [0.1, 0.15) is 26.3 Å². The van der Waals surface area contributed by atoms with E-state index in [4.69, 9.17) is 4.74 Å². The summed E-state index contributed by atoms with van der Waals surface area (Å²) in [6.07, 6.45) is 0. The highest BCUT2D eigenvalue weighted by Crippen LogP contribution is 2.30. The number of carbonyl (C=O) groups is 1. The molecule has 0 aliphatic carbocycles. The summed E-state index contributed by atoms with van der Waals surface area (Å²) in [6, 6.07) is 14.6. The van der Waals surface area contributed by atoms with E-state index in [-0.39, 0.29) is 22.3 Å². The molecule has 0 fully saturated rings. The van der Waals surface area contributed by atoms with Gasteiger partial charge in [-0.15, -0.1) is 11.8 Å². The smallest absolute Gasteiger partial charge is 0.246 e. The maximum absolute atomic E-state index is 13.0. The van der Waals surface area contributed by atoms with Gasteiger partial charge in [0, 0.05) is 24.5 Å². The van der Waals surface area contributed by atoms with Crippen molar-refractivity contribution in [2.45, 2.75) is 31.4 Å². The van der Waals surface area contributed by atoms with Crippen LogP contribution in [0.15, 0.2) is 53.4 Å². The summed E-state index contributed by atoms with van der Waals surface area (Å²) in [5.74, 6) is 1.12. The molecule has 29 heavy (non-hydrogen) atoms. The quantitative estimate of drug-likeness (QED) is 0.576. The number of carbonyl (C=O) groups excluding carboxylic acids is 1. The van der Waals surface area contributed by atoms with E-state index < -0.39 is 10.0 Å². The summed E-state index contributed by atoms with van der Waals surface area (Å²) in [5.41, 5.74) is 1.59. The molecule has 0 aromatic heterocycles. The van der Waals surface area contributed by atoms with Crippen molar-refractivity contribution in [3.8, 4) is 5.75 Å². The fraction of sp³-hybridized carbons (Fsp3) is 0.381. The van der Waals surface area contributed by atoms with Gasteiger partial charge < -0.3 is 10.1 Å². The molecule has 0 unspecified atom stereocenters. The SMILES string of the molecule is CCOc1ccc(NC(=O)CSCc2ccccc2)cc1S(=O)(=O)N(CC)CC. The number of nitrogens with one attached hydrogen (secondary N) is 1. The fourth-order valence-electron chi connectivity index (χ4n) is 2.80. The third kappa shape index (κ3) is 6.48. The van der Waals surface area contributed by atoms with Gasteiger partial charge in [-0.2, -0.15) is 4.31 Å². The standard InChI is InChI=1S/C21H28N2O4S2/c1-4-23(5-2)29(25,26)20-14-18(12-13-19(20)27-6-3)22-21(24)16-28-15-17-10-8-7-9-11-17/h7-14H,4-6,15-16H2,1-3H3,(H,22,24). The van der Waals surface area contributed by atoms with Crippen LogP contribution in [0.25, 0.3) is 0 Å². The van der Waals surface area contributed by atoms with Gasteiger partial charge in [0.05, 0.1) is 12.4 Å². The van der Waals surface area contributed by atoms with Gasteiger partial charge in [-0.05, 0) is 30.7 Å². The molecule has 2 aromatic rings. The van der Waals surface area contributed by atoms with Crippen LogP contribution in [0.2, 0.25) is 0 Å². The summed E-state index contributed by atoms with van der Waals surface area (Å²) < 4.78 is 32.9. The number of sulfonamides is 1. The summed E-state index contributed by atoms with van der Waals surface area (Å²) in [6.45, 7) is 6.44. The minimum atomic E-state index is -3.71. The molecular weight excluding hydrogens is 408 g/mol. The zero-order chi connectivity index (χ0) is 21.3. The predicted molar refractivity (Wildman–Crippen MR) is 119 cm³/mol. The summed E-state index contributed by atoms with van der Waals surface area (Å²) in [4.78, 5) is 12.4. The number of thioether (sulfide) groups is 1. The first-order valence-corrected chi connectivity index (χ1v) is 12.2. The molecule has 2 rings (SSSR count). The van der Waals surface area contributed by atoms with Crippen molar-refractivity contribution >= 4 is 33.4 Å². The number of hydrogen-bond acceptors (Lipinski definition) is 5. The Morgan fingerprint density at radius 3 is 2.38 bits per heavy atom. The summed E-state index contributed by atoms with van der Waals surface area (Å²) in [7, 11) is -3.71. The molecule has 0 spiro atoms. The van der Waals surface area contributed by atoms with Gasteiger partial charge in [0.1, 0.15) is 10.6 Å². The first-order chi connectivity index (χ1) is 13.9. The Kier molecular flexibility index (Phi) is 9.00. The van der Waals surface area contributed by atoms with E-state index in [1.807, 2.05) is 30.3 Å². The average Bonchev–Trinajstić information content (AvgIpc) is 2.71. The molecule has 6 nitrogen and oxygen atoms in total. The van der Waals surface area contributed by atoms with Gasteiger partial charge >= 0.3 is 0 Å². The molecule has 0 bridgehead atoms. The molecule has 0 saturated carbocycles. The molecule has 0 radical (unpaired) electrons. The predicted octanol–water partition coefficient (Wildman–Crippen LogP) is 3.99. The maximum Gasteiger partial charge on any atom is 0.246 e. The van der Waals surface area contributed by atoms with Crippen molar-refractivity contribution in [1.82, 2.24) is 4.31 Å². The van der Waals surface area contributed by atoms with Crippen molar-refractivity contribution in [2.24, 2.45) is 0 Å². The van der Waals surface area contributed by atoms with Crippen LogP contribution in [-0.2, 0) is 20.6 Å². The first-order valence-electron chi connectivity index (χ1n) is 9.60. The number of rotatable bonds is 11. The van der Waals surface area contributed by atoms with Gasteiger partial charge in [0.2, 0.25) is 15.9 Å². The van der Waals surface area contributed by atoms with E-state index in [2.05, 4.69) is 5.32 Å². The van der Waals surface area contributed by atoms with E-state index >= 15 is 0 Å². The van der Waals surface area contributed by atoms with Crippen LogP contribution in [0.4, 0.5) is 5.69 Å². The zero-order valence-electron chi connectivity index (χ0n) is 17.1. The minimum absolute atomic E-state index is 0.0674. The molecule has 1 N–H and O–H groups in total. The Labute approximate surface area is 177 Å². The van der Waals surface area contributed by atoms with Crippen LogP contribution < -0.4 is 10.1 Å². The number of benzene rings is 2. The Hall–Kier alpha value is -2.03. The largest absolute Gasteiger partial charge is 0.492 e. The van der Waals surface area contributed by atoms with Crippen LogP contribution in [0.3, 0.4) is 0 Å². The number of ether oxygens (including phenoxy) is 1. The second-order valence-electron chi connectivity index (χ2n) is 6.21. The number of hydrogen-bond donors (Lipinski definition) is 1. The van der Waals surface area contributed by atoms with Crippen molar-refractivity contribution in [1.29, 1.82) is 0 Å². The van der Waals surface area contributed by atoms with Gasteiger partial charge in [0.25, 0.3) is 0 Å². The van der Waals surface area contributed by atoms with Crippen LogP contribution in [0, 0.1) is 0 Å². The van der Waals surface area contributed by atoms with Crippen molar-refractivity contribution in [3.05, 3.63) is 54.1 Å². The maximum atomic E-state index is 13.0. The third-order valence-corrected chi connectivity index (χ3v) is 7.27. The third-order valence-electron chi connectivity index (χ3n) is 4.20. The van der Waals surface area contributed by atoms with E-state index in [0.717, 1.165) is 11.3 Å². The number of anilines is 1. The highest BCUT2D eigenvalue weighted by Gasteiger charge is 2.26. The Bertz CT molecular complexity index is 898. The molecule has 0 atom stereocenters. The molecule has 2 aromatic carbocycles. The molecule has 8 heteroatoms. The van der Waals surface area contributed by atoms with Crippen LogP contribution >= 0.6 is 11.8 Å². The molecule has 0 saturated heterocycles. The molecular formula is C21H28N2O4S2. The lowest BCUT2D eigenvalue weighted by molar-refractivity contribution is -0.113.